The van der Waals surface area contributed by atoms with E-state index in [1.165, 1.54) is 0 Å². The number of piperidine rings is 1. The van der Waals surface area contributed by atoms with Gasteiger partial charge in [-0.15, -0.1) is 0 Å². The van der Waals surface area contributed by atoms with E-state index in [0.29, 0.717) is 18.2 Å². The van der Waals surface area contributed by atoms with Crippen LogP contribution in [-0.4, -0.2) is 41.2 Å². The molecular weight excluding hydrogens is 312 g/mol. The number of β-amino-alcohol motifs (C(OH)–C–C–N with tert-alkyl or cyclic N) is 1. The largest absolute Gasteiger partial charge is 0.387 e. The number of hydrogen-bond acceptors (Lipinski definition) is 5. The topological polar surface area (TPSA) is 72.2 Å². The Labute approximate surface area is 148 Å². The molecule has 5 heteroatoms. The SMILES string of the molecule is N#Cc1ccc(NCC2CCN(C[C@@H](O)c3ccccc3)CC2)cn1. The van der Waals surface area contributed by atoms with Gasteiger partial charge in [0.2, 0.25) is 0 Å². The highest BCUT2D eigenvalue weighted by Gasteiger charge is 2.21. The van der Waals surface area contributed by atoms with E-state index in [9.17, 15) is 5.11 Å². The van der Waals surface area contributed by atoms with Crippen molar-refractivity contribution in [2.45, 2.75) is 18.9 Å². The van der Waals surface area contributed by atoms with Crippen molar-refractivity contribution < 1.29 is 5.11 Å². The van der Waals surface area contributed by atoms with Crippen LogP contribution in [0.25, 0.3) is 0 Å². The number of aliphatic hydroxyl groups excluding tert-OH is 1. The Morgan fingerprint density at radius 2 is 1.96 bits per heavy atom. The first-order valence-corrected chi connectivity index (χ1v) is 8.80. The molecule has 0 spiro atoms. The second-order valence-electron chi connectivity index (χ2n) is 6.60. The predicted molar refractivity (Wildman–Crippen MR) is 98.0 cm³/mol. The van der Waals surface area contributed by atoms with Crippen LogP contribution >= 0.6 is 0 Å². The van der Waals surface area contributed by atoms with Crippen LogP contribution in [0, 0.1) is 17.2 Å². The standard InChI is InChI=1S/C20H24N4O/c21-12-18-6-7-19(14-23-18)22-13-16-8-10-24(11-9-16)15-20(25)17-4-2-1-3-5-17/h1-7,14,16,20,22,25H,8-11,13,15H2/t20-/m1/s1. The fraction of sp³-hybridized carbons (Fsp3) is 0.400. The van der Waals surface area contributed by atoms with Gasteiger partial charge in [0.1, 0.15) is 11.8 Å². The minimum absolute atomic E-state index is 0.416. The second-order valence-corrected chi connectivity index (χ2v) is 6.60. The van der Waals surface area contributed by atoms with E-state index >= 15 is 0 Å². The van der Waals surface area contributed by atoms with Gasteiger partial charge in [0.05, 0.1) is 18.0 Å². The van der Waals surface area contributed by atoms with E-state index in [4.69, 9.17) is 5.26 Å². The highest BCUT2D eigenvalue weighted by atomic mass is 16.3. The molecule has 3 rings (SSSR count). The van der Waals surface area contributed by atoms with Crippen LogP contribution < -0.4 is 5.32 Å². The van der Waals surface area contributed by atoms with Gasteiger partial charge >= 0.3 is 0 Å². The summed E-state index contributed by atoms with van der Waals surface area (Å²) >= 11 is 0. The first-order valence-electron chi connectivity index (χ1n) is 8.80. The van der Waals surface area contributed by atoms with Crippen LogP contribution in [0.5, 0.6) is 0 Å². The quantitative estimate of drug-likeness (QED) is 0.849. The van der Waals surface area contributed by atoms with Crippen LogP contribution in [0.1, 0.15) is 30.2 Å². The zero-order valence-electron chi connectivity index (χ0n) is 14.3. The molecule has 0 unspecified atom stereocenters. The summed E-state index contributed by atoms with van der Waals surface area (Å²) in [5, 5.41) is 22.5. The number of hydrogen-bond donors (Lipinski definition) is 2. The lowest BCUT2D eigenvalue weighted by Gasteiger charge is -2.33. The highest BCUT2D eigenvalue weighted by molar-refractivity contribution is 5.42. The summed E-state index contributed by atoms with van der Waals surface area (Å²) in [6.45, 7) is 3.65. The zero-order chi connectivity index (χ0) is 17.5. The van der Waals surface area contributed by atoms with Crippen molar-refractivity contribution in [3.05, 3.63) is 59.9 Å². The van der Waals surface area contributed by atoms with Gasteiger partial charge in [0, 0.05) is 13.1 Å². The Morgan fingerprint density at radius 3 is 2.60 bits per heavy atom. The number of aromatic nitrogens is 1. The fourth-order valence-corrected chi connectivity index (χ4v) is 3.23. The molecule has 25 heavy (non-hydrogen) atoms. The zero-order valence-corrected chi connectivity index (χ0v) is 14.3. The third kappa shape index (κ3) is 5.02. The molecule has 1 aromatic heterocycles. The molecular formula is C20H24N4O. The molecule has 0 radical (unpaired) electrons. The molecule has 0 amide bonds. The number of likely N-dealkylation sites (tertiary alicyclic amines) is 1. The fourth-order valence-electron chi connectivity index (χ4n) is 3.23. The second kappa shape index (κ2) is 8.61. The van der Waals surface area contributed by atoms with Gasteiger partial charge in [-0.25, -0.2) is 4.98 Å². The number of nitrogens with one attached hydrogen (secondary N) is 1. The van der Waals surface area contributed by atoms with Gasteiger partial charge in [0.25, 0.3) is 0 Å². The lowest BCUT2D eigenvalue weighted by Crippen LogP contribution is -2.38. The molecule has 1 aliphatic heterocycles. The van der Waals surface area contributed by atoms with Crippen molar-refractivity contribution >= 4 is 5.69 Å². The van der Waals surface area contributed by atoms with Crippen LogP contribution in [-0.2, 0) is 0 Å². The summed E-state index contributed by atoms with van der Waals surface area (Å²) in [4.78, 5) is 6.42. The molecule has 1 aromatic carbocycles. The molecule has 2 heterocycles. The Morgan fingerprint density at radius 1 is 1.20 bits per heavy atom. The summed E-state index contributed by atoms with van der Waals surface area (Å²) in [6.07, 6.45) is 3.54. The number of nitrogens with zero attached hydrogens (tertiary/aromatic N) is 3. The predicted octanol–water partition coefficient (Wildman–Crippen LogP) is 2.81. The van der Waals surface area contributed by atoms with E-state index in [1.54, 1.807) is 12.3 Å². The normalized spacial score (nSPS) is 17.0. The number of aliphatic hydroxyl groups is 1. The van der Waals surface area contributed by atoms with Crippen molar-refractivity contribution in [1.82, 2.24) is 9.88 Å². The smallest absolute Gasteiger partial charge is 0.140 e. The Hall–Kier alpha value is -2.42. The van der Waals surface area contributed by atoms with Crippen LogP contribution in [0.2, 0.25) is 0 Å². The summed E-state index contributed by atoms with van der Waals surface area (Å²) in [5.74, 6) is 0.626. The number of pyridine rings is 1. The lowest BCUT2D eigenvalue weighted by molar-refractivity contribution is 0.0909. The first-order chi connectivity index (χ1) is 12.2. The molecule has 0 bridgehead atoms. The Balaban J connectivity index is 1.40. The summed E-state index contributed by atoms with van der Waals surface area (Å²) in [7, 11) is 0. The van der Waals surface area contributed by atoms with Crippen molar-refractivity contribution in [3.63, 3.8) is 0 Å². The minimum Gasteiger partial charge on any atom is -0.387 e. The molecule has 1 aliphatic rings. The molecule has 130 valence electrons. The Kier molecular flexibility index (Phi) is 5.99. The summed E-state index contributed by atoms with van der Waals surface area (Å²) < 4.78 is 0. The van der Waals surface area contributed by atoms with E-state index in [0.717, 1.165) is 43.7 Å². The van der Waals surface area contributed by atoms with Gasteiger partial charge in [-0.2, -0.15) is 5.26 Å². The summed E-state index contributed by atoms with van der Waals surface area (Å²) in [6, 6.07) is 15.5. The van der Waals surface area contributed by atoms with E-state index in [2.05, 4.69) is 15.2 Å². The number of anilines is 1. The Bertz CT molecular complexity index is 688. The third-order valence-electron chi connectivity index (χ3n) is 4.80. The van der Waals surface area contributed by atoms with Gasteiger partial charge in [-0.05, 0) is 49.5 Å². The third-order valence-corrected chi connectivity index (χ3v) is 4.80. The van der Waals surface area contributed by atoms with E-state index in [1.807, 2.05) is 42.5 Å². The van der Waals surface area contributed by atoms with Gasteiger partial charge in [-0.1, -0.05) is 30.3 Å². The van der Waals surface area contributed by atoms with Crippen molar-refractivity contribution in [1.29, 1.82) is 5.26 Å². The monoisotopic (exact) mass is 336 g/mol. The maximum Gasteiger partial charge on any atom is 0.140 e. The highest BCUT2D eigenvalue weighted by Crippen LogP contribution is 2.21. The van der Waals surface area contributed by atoms with E-state index in [-0.39, 0.29) is 0 Å². The number of nitriles is 1. The maximum absolute atomic E-state index is 10.3. The molecule has 1 atom stereocenters. The molecule has 2 aromatic rings. The lowest BCUT2D eigenvalue weighted by atomic mass is 9.96. The molecule has 0 aliphatic carbocycles. The van der Waals surface area contributed by atoms with Crippen molar-refractivity contribution in [2.24, 2.45) is 5.92 Å². The molecule has 2 N–H and O–H groups in total. The minimum atomic E-state index is -0.416. The summed E-state index contributed by atoms with van der Waals surface area (Å²) in [5.41, 5.74) is 2.39. The van der Waals surface area contributed by atoms with Crippen LogP contribution in [0.3, 0.4) is 0 Å². The molecule has 0 saturated carbocycles. The van der Waals surface area contributed by atoms with Gasteiger partial charge in [0.15, 0.2) is 0 Å². The van der Waals surface area contributed by atoms with E-state index < -0.39 is 6.10 Å². The molecule has 5 nitrogen and oxygen atoms in total. The number of rotatable bonds is 6. The first kappa shape index (κ1) is 17.4. The number of benzene rings is 1. The average Bonchev–Trinajstić information content (AvgIpc) is 2.68. The molecule has 1 saturated heterocycles. The average molecular weight is 336 g/mol. The van der Waals surface area contributed by atoms with Gasteiger partial charge < -0.3 is 15.3 Å². The van der Waals surface area contributed by atoms with Crippen molar-refractivity contribution in [3.8, 4) is 6.07 Å². The van der Waals surface area contributed by atoms with Crippen LogP contribution in [0.15, 0.2) is 48.7 Å². The molecule has 1 fully saturated rings. The van der Waals surface area contributed by atoms with Crippen molar-refractivity contribution in [2.75, 3.05) is 31.5 Å². The maximum atomic E-state index is 10.3. The van der Waals surface area contributed by atoms with Crippen LogP contribution in [0.4, 0.5) is 5.69 Å². The van der Waals surface area contributed by atoms with Gasteiger partial charge in [-0.3, -0.25) is 0 Å².